The molecule has 0 fully saturated rings. The lowest BCUT2D eigenvalue weighted by Crippen LogP contribution is -2.15. The van der Waals surface area contributed by atoms with Crippen LogP contribution in [0.25, 0.3) is 5.78 Å². The predicted octanol–water partition coefficient (Wildman–Crippen LogP) is 2.92. The molecular weight excluding hydrogens is 329 g/mol. The van der Waals surface area contributed by atoms with Crippen molar-refractivity contribution >= 4 is 29.1 Å². The van der Waals surface area contributed by atoms with Gasteiger partial charge in [0.2, 0.25) is 11.1 Å². The Kier molecular flexibility index (Phi) is 4.48. The lowest BCUT2D eigenvalue weighted by molar-refractivity contribution is -0.113. The molecule has 0 saturated carbocycles. The number of nitrogens with zero attached hydrogens (tertiary/aromatic N) is 4. The second kappa shape index (κ2) is 6.56. The summed E-state index contributed by atoms with van der Waals surface area (Å²) >= 11 is 1.18. The summed E-state index contributed by atoms with van der Waals surface area (Å²) < 4.78 is 15.4. The van der Waals surface area contributed by atoms with Gasteiger partial charge < -0.3 is 5.32 Å². The van der Waals surface area contributed by atoms with E-state index in [1.165, 1.54) is 17.8 Å². The molecule has 0 unspecified atom stereocenters. The zero-order valence-electron chi connectivity index (χ0n) is 13.5. The van der Waals surface area contributed by atoms with Crippen molar-refractivity contribution in [3.8, 4) is 0 Å². The smallest absolute Gasteiger partial charge is 0.253 e. The van der Waals surface area contributed by atoms with E-state index in [4.69, 9.17) is 0 Å². The molecule has 0 radical (unpaired) electrons. The molecule has 0 aliphatic heterocycles. The van der Waals surface area contributed by atoms with Crippen LogP contribution in [0, 0.1) is 26.6 Å². The van der Waals surface area contributed by atoms with Crippen molar-refractivity contribution in [2.45, 2.75) is 25.9 Å². The van der Waals surface area contributed by atoms with Crippen LogP contribution in [-0.2, 0) is 4.79 Å². The number of hydrogen-bond donors (Lipinski definition) is 1. The maximum atomic E-state index is 13.7. The van der Waals surface area contributed by atoms with Crippen LogP contribution in [0.2, 0.25) is 0 Å². The van der Waals surface area contributed by atoms with Gasteiger partial charge in [-0.1, -0.05) is 17.8 Å². The number of thioether (sulfide) groups is 1. The third kappa shape index (κ3) is 3.53. The van der Waals surface area contributed by atoms with Crippen molar-refractivity contribution in [1.29, 1.82) is 0 Å². The Bertz CT molecular complexity index is 924. The minimum atomic E-state index is -0.450. The summed E-state index contributed by atoms with van der Waals surface area (Å²) in [6.07, 6.45) is 0. The van der Waals surface area contributed by atoms with E-state index in [-0.39, 0.29) is 17.3 Å². The van der Waals surface area contributed by atoms with Crippen molar-refractivity contribution in [2.75, 3.05) is 11.1 Å². The van der Waals surface area contributed by atoms with Crippen LogP contribution >= 0.6 is 11.8 Å². The monoisotopic (exact) mass is 345 g/mol. The van der Waals surface area contributed by atoms with E-state index in [0.29, 0.717) is 10.9 Å². The maximum absolute atomic E-state index is 13.7. The van der Waals surface area contributed by atoms with E-state index in [0.717, 1.165) is 17.0 Å². The molecule has 0 bridgehead atoms. The molecule has 6 nitrogen and oxygen atoms in total. The van der Waals surface area contributed by atoms with Crippen molar-refractivity contribution < 1.29 is 9.18 Å². The molecule has 124 valence electrons. The number of fused-ring (bicyclic) bond motifs is 1. The first-order chi connectivity index (χ1) is 11.4. The number of aryl methyl sites for hydroxylation is 3. The normalized spacial score (nSPS) is 11.0. The average Bonchev–Trinajstić information content (AvgIpc) is 2.91. The third-order valence-electron chi connectivity index (χ3n) is 3.33. The van der Waals surface area contributed by atoms with Crippen LogP contribution in [0.4, 0.5) is 10.1 Å². The van der Waals surface area contributed by atoms with Gasteiger partial charge in [-0.05, 0) is 44.5 Å². The molecule has 1 N–H and O–H groups in total. The minimum Gasteiger partial charge on any atom is -0.323 e. The zero-order valence-corrected chi connectivity index (χ0v) is 14.3. The Morgan fingerprint density at radius 3 is 2.79 bits per heavy atom. The Balaban J connectivity index is 1.67. The van der Waals surface area contributed by atoms with E-state index in [1.807, 2.05) is 19.9 Å². The first-order valence-electron chi connectivity index (χ1n) is 7.32. The number of halogens is 1. The van der Waals surface area contributed by atoms with Crippen molar-refractivity contribution in [3.63, 3.8) is 0 Å². The van der Waals surface area contributed by atoms with E-state index < -0.39 is 5.82 Å². The number of carbonyl (C=O) groups excluding carboxylic acids is 1. The molecule has 1 amide bonds. The highest BCUT2D eigenvalue weighted by Gasteiger charge is 2.12. The molecule has 24 heavy (non-hydrogen) atoms. The van der Waals surface area contributed by atoms with Gasteiger partial charge in [-0.3, -0.25) is 4.79 Å². The van der Waals surface area contributed by atoms with Gasteiger partial charge in [-0.25, -0.2) is 13.9 Å². The van der Waals surface area contributed by atoms with E-state index in [2.05, 4.69) is 20.4 Å². The average molecular weight is 345 g/mol. The Labute approximate surface area is 142 Å². The standard InChI is InChI=1S/C16H16FN5OS/c1-9-4-5-13(12(17)6-9)19-14(23)8-24-16-20-15-18-10(2)7-11(3)22(15)21-16/h4-7H,8H2,1-3H3,(H,19,23). The third-order valence-corrected chi connectivity index (χ3v) is 4.17. The fraction of sp³-hybridized carbons (Fsp3) is 0.250. The van der Waals surface area contributed by atoms with Gasteiger partial charge in [-0.15, -0.1) is 5.10 Å². The summed E-state index contributed by atoms with van der Waals surface area (Å²) in [5, 5.41) is 7.32. The molecule has 3 rings (SSSR count). The topological polar surface area (TPSA) is 72.2 Å². The van der Waals surface area contributed by atoms with Crippen molar-refractivity contribution in [3.05, 3.63) is 47.0 Å². The first-order valence-corrected chi connectivity index (χ1v) is 8.31. The Morgan fingerprint density at radius 1 is 1.25 bits per heavy atom. The number of hydrogen-bond acceptors (Lipinski definition) is 5. The summed E-state index contributed by atoms with van der Waals surface area (Å²) in [6.45, 7) is 5.59. The van der Waals surface area contributed by atoms with Gasteiger partial charge in [0.05, 0.1) is 11.4 Å². The fourth-order valence-corrected chi connectivity index (χ4v) is 2.86. The highest BCUT2D eigenvalue weighted by atomic mass is 32.2. The Hall–Kier alpha value is -2.48. The molecule has 0 aliphatic rings. The van der Waals surface area contributed by atoms with Gasteiger partial charge in [0.15, 0.2) is 0 Å². The second-order valence-electron chi connectivity index (χ2n) is 5.47. The summed E-state index contributed by atoms with van der Waals surface area (Å²) in [5.41, 5.74) is 2.74. The van der Waals surface area contributed by atoms with Crippen LogP contribution in [-0.4, -0.2) is 31.2 Å². The largest absolute Gasteiger partial charge is 0.323 e. The summed E-state index contributed by atoms with van der Waals surface area (Å²) in [6, 6.07) is 6.57. The highest BCUT2D eigenvalue weighted by Crippen LogP contribution is 2.18. The van der Waals surface area contributed by atoms with Gasteiger partial charge in [0, 0.05) is 11.4 Å². The maximum Gasteiger partial charge on any atom is 0.253 e. The molecule has 3 aromatic rings. The van der Waals surface area contributed by atoms with Crippen LogP contribution in [0.1, 0.15) is 17.0 Å². The molecule has 0 saturated heterocycles. The fourth-order valence-electron chi connectivity index (χ4n) is 2.25. The number of benzene rings is 1. The molecule has 1 aromatic carbocycles. The van der Waals surface area contributed by atoms with Crippen LogP contribution in [0.5, 0.6) is 0 Å². The number of aromatic nitrogens is 4. The number of amides is 1. The molecular formula is C16H16FN5OS. The molecule has 8 heteroatoms. The molecule has 0 atom stereocenters. The number of carbonyl (C=O) groups is 1. The summed E-state index contributed by atoms with van der Waals surface area (Å²) in [7, 11) is 0. The van der Waals surface area contributed by atoms with Gasteiger partial charge in [0.25, 0.3) is 5.78 Å². The van der Waals surface area contributed by atoms with E-state index in [9.17, 15) is 9.18 Å². The van der Waals surface area contributed by atoms with Crippen molar-refractivity contribution in [1.82, 2.24) is 19.6 Å². The van der Waals surface area contributed by atoms with Gasteiger partial charge in [-0.2, -0.15) is 4.98 Å². The number of anilines is 1. The second-order valence-corrected chi connectivity index (χ2v) is 6.41. The summed E-state index contributed by atoms with van der Waals surface area (Å²) in [4.78, 5) is 20.6. The highest BCUT2D eigenvalue weighted by molar-refractivity contribution is 7.99. The van der Waals surface area contributed by atoms with Crippen LogP contribution < -0.4 is 5.32 Å². The first kappa shape index (κ1) is 16.4. The molecule has 2 aromatic heterocycles. The lowest BCUT2D eigenvalue weighted by Gasteiger charge is -2.06. The number of rotatable bonds is 4. The van der Waals surface area contributed by atoms with Crippen molar-refractivity contribution in [2.24, 2.45) is 0 Å². The molecule has 2 heterocycles. The molecule has 0 spiro atoms. The lowest BCUT2D eigenvalue weighted by atomic mass is 10.2. The quantitative estimate of drug-likeness (QED) is 0.736. The zero-order chi connectivity index (χ0) is 17.3. The van der Waals surface area contributed by atoms with Crippen LogP contribution in [0.15, 0.2) is 29.4 Å². The predicted molar refractivity (Wildman–Crippen MR) is 90.7 cm³/mol. The summed E-state index contributed by atoms with van der Waals surface area (Å²) in [5.74, 6) is -0.181. The molecule has 0 aliphatic carbocycles. The minimum absolute atomic E-state index is 0.0855. The van der Waals surface area contributed by atoms with E-state index in [1.54, 1.807) is 23.6 Å². The van der Waals surface area contributed by atoms with E-state index >= 15 is 0 Å². The Morgan fingerprint density at radius 2 is 2.04 bits per heavy atom. The van der Waals surface area contributed by atoms with Crippen LogP contribution in [0.3, 0.4) is 0 Å². The van der Waals surface area contributed by atoms with Gasteiger partial charge >= 0.3 is 0 Å². The number of nitrogens with one attached hydrogen (secondary N) is 1. The SMILES string of the molecule is Cc1ccc(NC(=O)CSc2nc3nc(C)cc(C)n3n2)c(F)c1. The van der Waals surface area contributed by atoms with Gasteiger partial charge in [0.1, 0.15) is 5.82 Å².